The van der Waals surface area contributed by atoms with Crippen molar-refractivity contribution >= 4 is 41.3 Å². The molecule has 0 aliphatic carbocycles. The van der Waals surface area contributed by atoms with E-state index in [0.717, 1.165) is 22.5 Å². The number of primary amides is 1. The lowest BCUT2D eigenvalue weighted by molar-refractivity contribution is 0.238. The van der Waals surface area contributed by atoms with Crippen LogP contribution in [-0.4, -0.2) is 23.3 Å². The van der Waals surface area contributed by atoms with Crippen LogP contribution < -0.4 is 16.4 Å². The quantitative estimate of drug-likeness (QED) is 0.682. The van der Waals surface area contributed by atoms with E-state index in [4.69, 9.17) is 5.73 Å². The molecule has 110 valence electrons. The van der Waals surface area contributed by atoms with Crippen LogP contribution >= 0.6 is 0 Å². The average molecular weight is 295 g/mol. The van der Waals surface area contributed by atoms with E-state index >= 15 is 0 Å². The Bertz CT molecular complexity index is 790. The van der Waals surface area contributed by atoms with Crippen molar-refractivity contribution < 1.29 is 9.59 Å². The lowest BCUT2D eigenvalue weighted by Crippen LogP contribution is -2.38. The second-order valence-corrected chi connectivity index (χ2v) is 4.66. The number of hydrogen-bond acceptors (Lipinski definition) is 3. The van der Waals surface area contributed by atoms with E-state index in [2.05, 4.69) is 15.3 Å². The molecule has 1 aromatic carbocycles. The van der Waals surface area contributed by atoms with Crippen molar-refractivity contribution in [1.82, 2.24) is 10.3 Å². The number of anilines is 1. The van der Waals surface area contributed by atoms with Gasteiger partial charge in [0.05, 0.1) is 5.69 Å². The minimum atomic E-state index is -0.908. The van der Waals surface area contributed by atoms with Crippen molar-refractivity contribution in [2.45, 2.75) is 0 Å². The molecule has 7 nitrogen and oxygen atoms in total. The number of allylic oxidation sites excluding steroid dienone is 1. The monoisotopic (exact) mass is 295 g/mol. The molecule has 0 spiro atoms. The predicted molar refractivity (Wildman–Crippen MR) is 85.0 cm³/mol. The van der Waals surface area contributed by atoms with Gasteiger partial charge in [0.1, 0.15) is 0 Å². The highest BCUT2D eigenvalue weighted by Gasteiger charge is 2.14. The molecule has 2 heterocycles. The Hall–Kier alpha value is -3.35. The summed E-state index contributed by atoms with van der Waals surface area (Å²) in [5.41, 5.74) is 9.03. The highest BCUT2D eigenvalue weighted by Crippen LogP contribution is 2.34. The number of imide groups is 1. The summed E-state index contributed by atoms with van der Waals surface area (Å²) in [6, 6.07) is 7.55. The first-order valence-electron chi connectivity index (χ1n) is 6.53. The maximum Gasteiger partial charge on any atom is 0.327 e. The molecule has 0 saturated heterocycles. The lowest BCUT2D eigenvalue weighted by Gasteiger charge is -2.07. The molecular weight excluding hydrogens is 282 g/mol. The third kappa shape index (κ3) is 2.88. The smallest absolute Gasteiger partial charge is 0.327 e. The Morgan fingerprint density at radius 1 is 1.27 bits per heavy atom. The van der Waals surface area contributed by atoms with E-state index in [0.29, 0.717) is 5.69 Å². The Balaban J connectivity index is 1.84. The average Bonchev–Trinajstić information content (AvgIpc) is 3.09. The molecule has 1 aromatic heterocycles. The molecule has 0 atom stereocenters. The third-order valence-electron chi connectivity index (χ3n) is 3.08. The summed E-state index contributed by atoms with van der Waals surface area (Å²) in [4.78, 5) is 29.5. The fraction of sp³-hybridized carbons (Fsp3) is 0. The number of fused-ring (bicyclic) bond motifs is 1. The van der Waals surface area contributed by atoms with Gasteiger partial charge in [0, 0.05) is 34.9 Å². The highest BCUT2D eigenvalue weighted by atomic mass is 16.2. The number of nitrogens with two attached hydrogens (primary N) is 1. The van der Waals surface area contributed by atoms with Crippen molar-refractivity contribution in [3.05, 3.63) is 47.8 Å². The largest absolute Gasteiger partial charge is 0.362 e. The number of H-pyrrole nitrogens is 1. The Morgan fingerprint density at radius 3 is 2.86 bits per heavy atom. The van der Waals surface area contributed by atoms with Crippen LogP contribution in [0, 0.1) is 0 Å². The Kier molecular flexibility index (Phi) is 3.45. The van der Waals surface area contributed by atoms with E-state index in [1.54, 1.807) is 24.4 Å². The zero-order valence-electron chi connectivity index (χ0n) is 11.5. The van der Waals surface area contributed by atoms with E-state index in [-0.39, 0.29) is 0 Å². The minimum absolute atomic E-state index is 0.542. The summed E-state index contributed by atoms with van der Waals surface area (Å²) < 4.78 is 0. The van der Waals surface area contributed by atoms with Crippen LogP contribution in [0.25, 0.3) is 11.6 Å². The van der Waals surface area contributed by atoms with Crippen molar-refractivity contribution in [2.75, 3.05) is 5.32 Å². The topological polar surface area (TPSA) is 112 Å². The maximum absolute atomic E-state index is 11.5. The number of urea groups is 2. The van der Waals surface area contributed by atoms with Crippen molar-refractivity contribution in [3.8, 4) is 0 Å². The van der Waals surface area contributed by atoms with Gasteiger partial charge in [-0.25, -0.2) is 9.59 Å². The van der Waals surface area contributed by atoms with E-state index < -0.39 is 12.1 Å². The Labute approximate surface area is 125 Å². The first-order valence-corrected chi connectivity index (χ1v) is 6.53. The highest BCUT2D eigenvalue weighted by molar-refractivity contribution is 6.21. The zero-order valence-corrected chi connectivity index (χ0v) is 11.5. The summed E-state index contributed by atoms with van der Waals surface area (Å²) in [6.07, 6.45) is 5.56. The molecule has 1 aliphatic heterocycles. The molecule has 4 amide bonds. The normalized spacial score (nSPS) is 13.9. The van der Waals surface area contributed by atoms with Crippen LogP contribution in [0.4, 0.5) is 21.0 Å². The molecule has 22 heavy (non-hydrogen) atoms. The number of aromatic amines is 1. The van der Waals surface area contributed by atoms with Gasteiger partial charge >= 0.3 is 12.1 Å². The molecule has 0 fully saturated rings. The van der Waals surface area contributed by atoms with Gasteiger partial charge in [-0.1, -0.05) is 0 Å². The first kappa shape index (κ1) is 13.6. The maximum atomic E-state index is 11.5. The molecule has 0 radical (unpaired) electrons. The van der Waals surface area contributed by atoms with E-state index in [9.17, 15) is 9.59 Å². The van der Waals surface area contributed by atoms with Gasteiger partial charge in [0.2, 0.25) is 0 Å². The second-order valence-electron chi connectivity index (χ2n) is 4.66. The van der Waals surface area contributed by atoms with Crippen molar-refractivity contribution in [1.29, 1.82) is 0 Å². The summed E-state index contributed by atoms with van der Waals surface area (Å²) in [5, 5.41) is 4.49. The summed E-state index contributed by atoms with van der Waals surface area (Å²) in [5.74, 6) is 0. The van der Waals surface area contributed by atoms with Crippen LogP contribution in [0.15, 0.2) is 41.5 Å². The second kappa shape index (κ2) is 5.57. The summed E-state index contributed by atoms with van der Waals surface area (Å²) >= 11 is 0. The van der Waals surface area contributed by atoms with Gasteiger partial charge in [-0.2, -0.15) is 0 Å². The third-order valence-corrected chi connectivity index (χ3v) is 3.08. The fourth-order valence-corrected chi connectivity index (χ4v) is 2.16. The van der Waals surface area contributed by atoms with Crippen LogP contribution in [0.3, 0.4) is 0 Å². The number of nitrogens with zero attached hydrogens (tertiary/aromatic N) is 1. The molecule has 5 N–H and O–H groups in total. The number of benzene rings is 1. The first-order chi connectivity index (χ1) is 10.6. The summed E-state index contributed by atoms with van der Waals surface area (Å²) in [7, 11) is 0. The minimum Gasteiger partial charge on any atom is -0.362 e. The molecule has 1 aliphatic rings. The fourth-order valence-electron chi connectivity index (χ4n) is 2.16. The summed E-state index contributed by atoms with van der Waals surface area (Å²) in [6.45, 7) is 0. The van der Waals surface area contributed by atoms with E-state index in [1.165, 1.54) is 0 Å². The van der Waals surface area contributed by atoms with Gasteiger partial charge in [0.15, 0.2) is 0 Å². The van der Waals surface area contributed by atoms with Gasteiger partial charge in [-0.05, 0) is 36.4 Å². The van der Waals surface area contributed by atoms with Crippen LogP contribution in [0.1, 0.15) is 11.3 Å². The molecule has 2 aromatic rings. The lowest BCUT2D eigenvalue weighted by atomic mass is 10.1. The van der Waals surface area contributed by atoms with Crippen LogP contribution in [0.5, 0.6) is 0 Å². The number of hydrogen-bond donors (Lipinski definition) is 4. The number of carbonyl (C=O) groups excluding carboxylic acids is 2. The standard InChI is InChI=1S/C15H13N5O2/c16-14(21)20-15(22)19-11-3-4-13-12(7-11)9(8-18-13)6-10-2-1-5-17-10/h1-8,17H,(H4,16,19,20,21,22). The Morgan fingerprint density at radius 2 is 2.14 bits per heavy atom. The zero-order chi connectivity index (χ0) is 15.5. The molecule has 0 unspecified atom stereocenters. The number of aromatic nitrogens is 1. The van der Waals surface area contributed by atoms with Crippen molar-refractivity contribution in [3.63, 3.8) is 0 Å². The van der Waals surface area contributed by atoms with Gasteiger partial charge in [-0.15, -0.1) is 0 Å². The van der Waals surface area contributed by atoms with Crippen LogP contribution in [-0.2, 0) is 0 Å². The number of rotatable bonds is 2. The number of carbonyl (C=O) groups is 2. The molecule has 0 bridgehead atoms. The van der Waals surface area contributed by atoms with Gasteiger partial charge < -0.3 is 16.0 Å². The van der Waals surface area contributed by atoms with Crippen LogP contribution in [0.2, 0.25) is 0 Å². The van der Waals surface area contributed by atoms with Crippen molar-refractivity contribution in [2.24, 2.45) is 10.7 Å². The number of aliphatic imine (C=N–C) groups is 1. The molecule has 0 saturated carbocycles. The SMILES string of the molecule is NC(=O)NC(=O)Nc1ccc2c(c1)C(=Cc1ccc[nH]1)C=N2. The van der Waals surface area contributed by atoms with E-state index in [1.807, 2.05) is 29.7 Å². The molecule has 3 rings (SSSR count). The molecule has 7 heteroatoms. The van der Waals surface area contributed by atoms with Gasteiger partial charge in [-0.3, -0.25) is 10.3 Å². The number of nitrogens with one attached hydrogen (secondary N) is 3. The number of amides is 4. The molecular formula is C15H13N5O2. The predicted octanol–water partition coefficient (Wildman–Crippen LogP) is 2.47. The van der Waals surface area contributed by atoms with Gasteiger partial charge in [0.25, 0.3) is 0 Å².